The molecule has 6 fully saturated rings. The molecule has 13 nitrogen and oxygen atoms in total. The van der Waals surface area contributed by atoms with Crippen molar-refractivity contribution in [3.63, 3.8) is 0 Å². The number of hydrogen-bond donors (Lipinski definition) is 3. The maximum absolute atomic E-state index is 13.9. The molecule has 276 valence electrons. The highest BCUT2D eigenvalue weighted by atomic mass is 16.5. The summed E-state index contributed by atoms with van der Waals surface area (Å²) in [6.07, 6.45) is 0.548. The number of nitrogens with zero attached hydrogens (tertiary/aromatic N) is 1. The number of methoxy groups -OCH3 is 5. The number of fused-ring (bicyclic) bond motifs is 2. The average Bonchev–Trinajstić information content (AvgIpc) is 3.54. The van der Waals surface area contributed by atoms with E-state index in [9.17, 15) is 24.6 Å². The topological polar surface area (TPSA) is 162 Å². The molecule has 13 atom stereocenters. The van der Waals surface area contributed by atoms with Crippen LogP contribution in [-0.4, -0.2) is 130 Å². The van der Waals surface area contributed by atoms with Gasteiger partial charge in [-0.2, -0.15) is 0 Å². The number of amides is 1. The van der Waals surface area contributed by atoms with Crippen LogP contribution >= 0.6 is 0 Å². The second kappa shape index (κ2) is 12.8. The second-order valence-corrected chi connectivity index (χ2v) is 15.4. The van der Waals surface area contributed by atoms with Gasteiger partial charge in [-0.1, -0.05) is 19.1 Å². The molecule has 50 heavy (non-hydrogen) atoms. The standard InChI is InChI=1S/C37H52N2O11/c1-7-39-18-34(19-50-32(42)20-10-8-9-11-23(20)38-26(40)12-13-27(41)47-4)15-14-25(46-3)36-22-16-21-24(45-2)17-35(43,28(22)29(21)48-5)37(44,33(36)39)31(49-6)30(34)36/h8-11,21-22,24-25,28-31,33,43-44H,7,12-19H2,1-6H3,(H,38,40)/t21-,22-,24+,25+,28-,29+,30-,31+,33-,34+,35-,36+,37-/m1/s1. The Morgan fingerprint density at radius 2 is 1.76 bits per heavy atom. The van der Waals surface area contributed by atoms with Gasteiger partial charge in [-0.15, -0.1) is 0 Å². The molecule has 1 heterocycles. The van der Waals surface area contributed by atoms with Crippen LogP contribution in [0.1, 0.15) is 55.8 Å². The van der Waals surface area contributed by atoms with Crippen molar-refractivity contribution in [3.8, 4) is 0 Å². The van der Waals surface area contributed by atoms with Gasteiger partial charge in [0.25, 0.3) is 0 Å². The molecule has 5 aliphatic carbocycles. The third-order valence-electron chi connectivity index (χ3n) is 14.0. The van der Waals surface area contributed by atoms with Crippen LogP contribution in [0.3, 0.4) is 0 Å². The average molecular weight is 701 g/mol. The number of piperidine rings is 1. The van der Waals surface area contributed by atoms with E-state index in [4.69, 9.17) is 23.7 Å². The third kappa shape index (κ3) is 4.53. The monoisotopic (exact) mass is 700 g/mol. The number of likely N-dealkylation sites (N-methyl/N-ethyl adjacent to an activating group) is 1. The summed E-state index contributed by atoms with van der Waals surface area (Å²) in [6.45, 7) is 3.25. The first-order valence-corrected chi connectivity index (χ1v) is 17.9. The van der Waals surface area contributed by atoms with Crippen molar-refractivity contribution in [1.29, 1.82) is 0 Å². The zero-order chi connectivity index (χ0) is 35.8. The highest BCUT2D eigenvalue weighted by Crippen LogP contribution is 2.80. The molecule has 6 aliphatic rings. The first-order chi connectivity index (χ1) is 24.0. The summed E-state index contributed by atoms with van der Waals surface area (Å²) in [5.41, 5.74) is -4.06. The van der Waals surface area contributed by atoms with Crippen molar-refractivity contribution in [3.05, 3.63) is 29.8 Å². The summed E-state index contributed by atoms with van der Waals surface area (Å²) in [6, 6.07) is 6.17. The minimum absolute atomic E-state index is 0.0420. The quantitative estimate of drug-likeness (QED) is 0.273. The van der Waals surface area contributed by atoms with Gasteiger partial charge in [-0.05, 0) is 43.9 Å². The highest BCUT2D eigenvalue weighted by Gasteiger charge is 2.91. The van der Waals surface area contributed by atoms with Crippen LogP contribution < -0.4 is 5.32 Å². The lowest BCUT2D eigenvalue weighted by Crippen LogP contribution is -2.82. The van der Waals surface area contributed by atoms with Gasteiger partial charge in [-0.3, -0.25) is 14.5 Å². The first kappa shape index (κ1) is 35.7. The SMILES string of the molecule is CCN1C[C@]2(COC(=O)c3ccccc3NC(=O)CCC(=O)OC)CC[C@H](OC)[C@]34[C@@H]5C[C@H]6[C@H](OC)[C@@H]5[C@](O)(C[C@@H]6OC)[C@](O)([C@H]13)[C@@H](OC)[C@H]24. The van der Waals surface area contributed by atoms with Crippen LogP contribution in [0.25, 0.3) is 0 Å². The van der Waals surface area contributed by atoms with Crippen molar-refractivity contribution >= 4 is 23.5 Å². The van der Waals surface area contributed by atoms with E-state index in [2.05, 4.69) is 21.9 Å². The lowest BCUT2D eigenvalue weighted by Gasteiger charge is -2.70. The van der Waals surface area contributed by atoms with E-state index in [-0.39, 0.29) is 79.1 Å². The number of anilines is 1. The number of carbonyl (C=O) groups excluding carboxylic acids is 3. The molecular formula is C37H52N2O11. The van der Waals surface area contributed by atoms with Gasteiger partial charge in [0, 0.05) is 76.4 Å². The van der Waals surface area contributed by atoms with Crippen LogP contribution in [0.5, 0.6) is 0 Å². The molecule has 0 unspecified atom stereocenters. The van der Waals surface area contributed by atoms with E-state index < -0.39 is 52.0 Å². The molecular weight excluding hydrogens is 648 g/mol. The fourth-order valence-electron chi connectivity index (χ4n) is 12.6. The maximum atomic E-state index is 13.9. The number of nitrogens with one attached hydrogen (secondary N) is 1. The normalized spacial score (nSPS) is 43.7. The first-order valence-electron chi connectivity index (χ1n) is 17.9. The summed E-state index contributed by atoms with van der Waals surface area (Å²) < 4.78 is 35.9. The molecule has 1 aromatic carbocycles. The van der Waals surface area contributed by atoms with Crippen molar-refractivity contribution in [1.82, 2.24) is 4.90 Å². The Kier molecular flexibility index (Phi) is 9.14. The van der Waals surface area contributed by atoms with E-state index in [0.717, 1.165) is 6.42 Å². The number of benzene rings is 1. The molecule has 0 radical (unpaired) electrons. The van der Waals surface area contributed by atoms with Crippen molar-refractivity contribution < 1.29 is 53.0 Å². The smallest absolute Gasteiger partial charge is 0.340 e. The Morgan fingerprint density at radius 3 is 2.42 bits per heavy atom. The molecule has 1 aromatic rings. The van der Waals surface area contributed by atoms with Crippen molar-refractivity contribution in [2.75, 3.05) is 60.6 Å². The van der Waals surface area contributed by atoms with Gasteiger partial charge in [0.05, 0.1) is 61.8 Å². The number of likely N-dealkylation sites (tertiary alicyclic amines) is 1. The largest absolute Gasteiger partial charge is 0.469 e. The van der Waals surface area contributed by atoms with E-state index in [1.807, 2.05) is 0 Å². The van der Waals surface area contributed by atoms with Gasteiger partial charge in [0.2, 0.25) is 5.91 Å². The molecule has 5 saturated carbocycles. The summed E-state index contributed by atoms with van der Waals surface area (Å²) in [5.74, 6) is -2.23. The van der Waals surface area contributed by atoms with Crippen LogP contribution in [-0.2, 0) is 38.0 Å². The Bertz CT molecular complexity index is 1510. The minimum Gasteiger partial charge on any atom is -0.469 e. The predicted octanol–water partition coefficient (Wildman–Crippen LogP) is 2.03. The molecule has 3 N–H and O–H groups in total. The van der Waals surface area contributed by atoms with Gasteiger partial charge >= 0.3 is 11.9 Å². The molecule has 7 bridgehead atoms. The summed E-state index contributed by atoms with van der Waals surface area (Å²) in [5, 5.41) is 29.3. The van der Waals surface area contributed by atoms with Crippen molar-refractivity contribution in [2.45, 2.75) is 87.1 Å². The molecule has 1 aliphatic heterocycles. The zero-order valence-corrected chi connectivity index (χ0v) is 29.9. The van der Waals surface area contributed by atoms with E-state index in [0.29, 0.717) is 25.9 Å². The number of ether oxygens (including phenoxy) is 6. The second-order valence-electron chi connectivity index (χ2n) is 15.4. The summed E-state index contributed by atoms with van der Waals surface area (Å²) in [4.78, 5) is 40.5. The number of aliphatic hydroxyl groups is 2. The van der Waals surface area contributed by atoms with Crippen molar-refractivity contribution in [2.24, 2.45) is 34.5 Å². The molecule has 7 rings (SSSR count). The predicted molar refractivity (Wildman–Crippen MR) is 178 cm³/mol. The molecule has 0 aromatic heterocycles. The van der Waals surface area contributed by atoms with Crippen LogP contribution in [0, 0.1) is 34.5 Å². The van der Waals surface area contributed by atoms with Gasteiger partial charge in [0.15, 0.2) is 0 Å². The Labute approximate surface area is 293 Å². The van der Waals surface area contributed by atoms with E-state index >= 15 is 0 Å². The fourth-order valence-corrected chi connectivity index (χ4v) is 12.6. The lowest BCUT2D eigenvalue weighted by molar-refractivity contribution is -0.320. The van der Waals surface area contributed by atoms with E-state index in [1.54, 1.807) is 52.7 Å². The maximum Gasteiger partial charge on any atom is 0.340 e. The van der Waals surface area contributed by atoms with Crippen LogP contribution in [0.2, 0.25) is 0 Å². The van der Waals surface area contributed by atoms with Gasteiger partial charge < -0.3 is 44.0 Å². The molecule has 1 amide bonds. The Hall–Kier alpha value is -2.65. The third-order valence-corrected chi connectivity index (χ3v) is 14.0. The fraction of sp³-hybridized carbons (Fsp3) is 0.757. The Balaban J connectivity index is 1.27. The highest BCUT2D eigenvalue weighted by molar-refractivity contribution is 6.01. The molecule has 1 saturated heterocycles. The summed E-state index contributed by atoms with van der Waals surface area (Å²) in [7, 11) is 7.95. The van der Waals surface area contributed by atoms with Gasteiger partial charge in [-0.25, -0.2) is 4.79 Å². The zero-order valence-electron chi connectivity index (χ0n) is 29.9. The number of para-hydroxylation sites is 1. The minimum atomic E-state index is -1.69. The van der Waals surface area contributed by atoms with Crippen LogP contribution in [0.4, 0.5) is 5.69 Å². The van der Waals surface area contributed by atoms with Gasteiger partial charge in [0.1, 0.15) is 11.2 Å². The number of esters is 2. The van der Waals surface area contributed by atoms with Crippen LogP contribution in [0.15, 0.2) is 24.3 Å². The molecule has 1 spiro atoms. The molecule has 13 heteroatoms. The lowest BCUT2D eigenvalue weighted by atomic mass is 9.42. The number of rotatable bonds is 12. The number of carbonyl (C=O) groups is 3. The van der Waals surface area contributed by atoms with E-state index in [1.165, 1.54) is 7.11 Å². The number of hydrogen-bond acceptors (Lipinski definition) is 12. The summed E-state index contributed by atoms with van der Waals surface area (Å²) >= 11 is 0. The Morgan fingerprint density at radius 1 is 1.00 bits per heavy atom.